The van der Waals surface area contributed by atoms with Gasteiger partial charge in [-0.25, -0.2) is 0 Å². The highest BCUT2D eigenvalue weighted by Gasteiger charge is 2.13. The SMILES string of the molecule is COc1cc(CN(C)CC(=O)Nc2ccc(Cl)cc2Cl)ccc1OC(F)F. The number of amides is 1. The summed E-state index contributed by atoms with van der Waals surface area (Å²) in [7, 11) is 3.11. The Kier molecular flexibility index (Phi) is 7.65. The first-order valence-corrected chi connectivity index (χ1v) is 8.59. The van der Waals surface area contributed by atoms with Crippen molar-refractivity contribution in [2.75, 3.05) is 26.0 Å². The number of hydrogen-bond acceptors (Lipinski definition) is 4. The third-order valence-corrected chi connectivity index (χ3v) is 4.06. The lowest BCUT2D eigenvalue weighted by Crippen LogP contribution is -2.29. The molecule has 9 heteroatoms. The first-order chi connectivity index (χ1) is 12.8. The minimum Gasteiger partial charge on any atom is -0.493 e. The Morgan fingerprint density at radius 3 is 2.56 bits per heavy atom. The molecule has 0 bridgehead atoms. The molecule has 2 aromatic carbocycles. The summed E-state index contributed by atoms with van der Waals surface area (Å²) in [4.78, 5) is 13.9. The highest BCUT2D eigenvalue weighted by Crippen LogP contribution is 2.30. The first-order valence-electron chi connectivity index (χ1n) is 7.83. The van der Waals surface area contributed by atoms with Gasteiger partial charge in [-0.3, -0.25) is 9.69 Å². The number of likely N-dealkylation sites (N-methyl/N-ethyl adjacent to an activating group) is 1. The maximum atomic E-state index is 12.4. The van der Waals surface area contributed by atoms with Crippen LogP contribution in [0.3, 0.4) is 0 Å². The predicted octanol–water partition coefficient (Wildman–Crippen LogP) is 4.67. The van der Waals surface area contributed by atoms with Gasteiger partial charge < -0.3 is 14.8 Å². The molecule has 0 aliphatic heterocycles. The lowest BCUT2D eigenvalue weighted by Gasteiger charge is -2.18. The number of anilines is 1. The Bertz CT molecular complexity index is 806. The Morgan fingerprint density at radius 1 is 1.19 bits per heavy atom. The second kappa shape index (κ2) is 9.73. The van der Waals surface area contributed by atoms with E-state index in [4.69, 9.17) is 27.9 Å². The molecular formula is C18H18Cl2F2N2O3. The van der Waals surface area contributed by atoms with E-state index in [1.807, 2.05) is 0 Å². The maximum Gasteiger partial charge on any atom is 0.387 e. The normalized spacial score (nSPS) is 11.0. The largest absolute Gasteiger partial charge is 0.493 e. The molecule has 146 valence electrons. The van der Waals surface area contributed by atoms with Crippen LogP contribution in [0.15, 0.2) is 36.4 Å². The lowest BCUT2D eigenvalue weighted by molar-refractivity contribution is -0.117. The number of carbonyl (C=O) groups is 1. The molecule has 5 nitrogen and oxygen atoms in total. The van der Waals surface area contributed by atoms with Crippen LogP contribution >= 0.6 is 23.2 Å². The van der Waals surface area contributed by atoms with Gasteiger partial charge in [0, 0.05) is 11.6 Å². The van der Waals surface area contributed by atoms with Crippen LogP contribution in [-0.4, -0.2) is 38.1 Å². The minimum absolute atomic E-state index is 0.0472. The molecule has 0 atom stereocenters. The molecule has 0 fully saturated rings. The van der Waals surface area contributed by atoms with Crippen LogP contribution < -0.4 is 14.8 Å². The summed E-state index contributed by atoms with van der Waals surface area (Å²) in [6.07, 6.45) is 0. The van der Waals surface area contributed by atoms with E-state index in [0.717, 1.165) is 5.56 Å². The fourth-order valence-corrected chi connectivity index (χ4v) is 2.85. The zero-order valence-corrected chi connectivity index (χ0v) is 16.2. The van der Waals surface area contributed by atoms with Gasteiger partial charge in [-0.05, 0) is 42.9 Å². The number of nitrogens with zero attached hydrogens (tertiary/aromatic N) is 1. The van der Waals surface area contributed by atoms with Crippen LogP contribution in [0.25, 0.3) is 0 Å². The maximum absolute atomic E-state index is 12.4. The van der Waals surface area contributed by atoms with Crippen LogP contribution in [0.4, 0.5) is 14.5 Å². The Hall–Kier alpha value is -2.09. The van der Waals surface area contributed by atoms with Crippen molar-refractivity contribution in [3.8, 4) is 11.5 Å². The van der Waals surface area contributed by atoms with Gasteiger partial charge >= 0.3 is 6.61 Å². The molecule has 1 N–H and O–H groups in total. The van der Waals surface area contributed by atoms with Crippen LogP contribution in [-0.2, 0) is 11.3 Å². The van der Waals surface area contributed by atoms with E-state index in [1.165, 1.54) is 19.2 Å². The molecule has 0 aromatic heterocycles. The van der Waals surface area contributed by atoms with Crippen molar-refractivity contribution in [3.63, 3.8) is 0 Å². The van der Waals surface area contributed by atoms with E-state index < -0.39 is 6.61 Å². The Balaban J connectivity index is 1.96. The summed E-state index contributed by atoms with van der Waals surface area (Å²) in [5.41, 5.74) is 1.24. The molecule has 2 rings (SSSR count). The van der Waals surface area contributed by atoms with Gasteiger partial charge in [0.05, 0.1) is 24.4 Å². The lowest BCUT2D eigenvalue weighted by atomic mass is 10.2. The molecule has 0 aliphatic rings. The molecule has 27 heavy (non-hydrogen) atoms. The molecule has 0 heterocycles. The topological polar surface area (TPSA) is 50.8 Å². The van der Waals surface area contributed by atoms with Crippen LogP contribution in [0.5, 0.6) is 11.5 Å². The first kappa shape index (κ1) is 21.2. The van der Waals surface area contributed by atoms with Crippen molar-refractivity contribution in [3.05, 3.63) is 52.0 Å². The van der Waals surface area contributed by atoms with E-state index in [-0.39, 0.29) is 24.0 Å². The fourth-order valence-electron chi connectivity index (χ4n) is 2.40. The van der Waals surface area contributed by atoms with Gasteiger partial charge in [0.15, 0.2) is 11.5 Å². The van der Waals surface area contributed by atoms with E-state index in [9.17, 15) is 13.6 Å². The molecule has 0 saturated carbocycles. The van der Waals surface area contributed by atoms with Gasteiger partial charge in [-0.1, -0.05) is 29.3 Å². The Labute approximate surface area is 165 Å². The summed E-state index contributed by atoms with van der Waals surface area (Å²) in [6.45, 7) is -2.44. The number of carbonyl (C=O) groups excluding carboxylic acids is 1. The summed E-state index contributed by atoms with van der Waals surface area (Å²) in [5, 5.41) is 3.53. The molecule has 0 spiro atoms. The van der Waals surface area contributed by atoms with Crippen molar-refractivity contribution < 1.29 is 23.0 Å². The standard InChI is InChI=1S/C18H18Cl2F2N2O3/c1-24(10-17(25)23-14-5-4-12(19)8-13(14)20)9-11-3-6-15(27-18(21)22)16(7-11)26-2/h3-8,18H,9-10H2,1-2H3,(H,23,25). The summed E-state index contributed by atoms with van der Waals surface area (Å²) in [6, 6.07) is 9.41. The smallest absolute Gasteiger partial charge is 0.387 e. The molecule has 1 amide bonds. The van der Waals surface area contributed by atoms with Crippen molar-refractivity contribution in [1.29, 1.82) is 0 Å². The quantitative estimate of drug-likeness (QED) is 0.676. The number of ether oxygens (including phenoxy) is 2. The second-order valence-electron chi connectivity index (χ2n) is 5.71. The number of rotatable bonds is 8. The molecule has 0 aliphatic carbocycles. The van der Waals surface area contributed by atoms with E-state index in [2.05, 4.69) is 10.1 Å². The summed E-state index contributed by atoms with van der Waals surface area (Å²) in [5.74, 6) is -0.112. The summed E-state index contributed by atoms with van der Waals surface area (Å²) < 4.78 is 34.2. The zero-order valence-electron chi connectivity index (χ0n) is 14.6. The van der Waals surface area contributed by atoms with Gasteiger partial charge in [0.1, 0.15) is 0 Å². The molecule has 0 radical (unpaired) electrons. The Morgan fingerprint density at radius 2 is 1.93 bits per heavy atom. The van der Waals surface area contributed by atoms with Crippen LogP contribution in [0.2, 0.25) is 10.0 Å². The average Bonchev–Trinajstić information content (AvgIpc) is 2.58. The van der Waals surface area contributed by atoms with Crippen molar-refractivity contribution in [1.82, 2.24) is 4.90 Å². The molecule has 0 saturated heterocycles. The molecule has 2 aromatic rings. The summed E-state index contributed by atoms with van der Waals surface area (Å²) >= 11 is 11.9. The van der Waals surface area contributed by atoms with E-state index in [1.54, 1.807) is 36.2 Å². The van der Waals surface area contributed by atoms with Crippen LogP contribution in [0, 0.1) is 0 Å². The minimum atomic E-state index is -2.93. The van der Waals surface area contributed by atoms with E-state index in [0.29, 0.717) is 22.3 Å². The highest BCUT2D eigenvalue weighted by atomic mass is 35.5. The zero-order chi connectivity index (χ0) is 20.0. The predicted molar refractivity (Wildman–Crippen MR) is 101 cm³/mol. The van der Waals surface area contributed by atoms with Gasteiger partial charge in [-0.15, -0.1) is 0 Å². The third-order valence-electron chi connectivity index (χ3n) is 3.52. The van der Waals surface area contributed by atoms with Crippen molar-refractivity contribution in [2.45, 2.75) is 13.2 Å². The number of benzene rings is 2. The van der Waals surface area contributed by atoms with Gasteiger partial charge in [0.25, 0.3) is 0 Å². The van der Waals surface area contributed by atoms with Gasteiger partial charge in [-0.2, -0.15) is 8.78 Å². The molecule has 0 unspecified atom stereocenters. The number of hydrogen-bond donors (Lipinski definition) is 1. The van der Waals surface area contributed by atoms with Crippen molar-refractivity contribution >= 4 is 34.8 Å². The average molecular weight is 419 g/mol. The van der Waals surface area contributed by atoms with E-state index >= 15 is 0 Å². The third kappa shape index (κ3) is 6.53. The highest BCUT2D eigenvalue weighted by molar-refractivity contribution is 6.36. The number of alkyl halides is 2. The van der Waals surface area contributed by atoms with Gasteiger partial charge in [0.2, 0.25) is 5.91 Å². The monoisotopic (exact) mass is 418 g/mol. The van der Waals surface area contributed by atoms with Crippen LogP contribution in [0.1, 0.15) is 5.56 Å². The van der Waals surface area contributed by atoms with Crippen molar-refractivity contribution in [2.24, 2.45) is 0 Å². The molecular weight excluding hydrogens is 401 g/mol. The fraction of sp³-hybridized carbons (Fsp3) is 0.278. The number of methoxy groups -OCH3 is 1. The number of nitrogens with one attached hydrogen (secondary N) is 1. The second-order valence-corrected chi connectivity index (χ2v) is 6.55. The number of halogens is 4.